The van der Waals surface area contributed by atoms with Crippen LogP contribution < -0.4 is 0 Å². The molecule has 1 amide bonds. The average Bonchev–Trinajstić information content (AvgIpc) is 3.19. The lowest BCUT2D eigenvalue weighted by Crippen LogP contribution is -2.51. The van der Waals surface area contributed by atoms with Crippen LogP contribution in [0.25, 0.3) is 0 Å². The SMILES string of the molecule is Cc1ccc(CN2CCCC3(CCN(C(=O)[C@H]4CCOC4)CC3)C2)cc1. The van der Waals surface area contributed by atoms with Crippen molar-refractivity contribution in [2.75, 3.05) is 39.4 Å². The molecular formula is C22H32N2O2. The van der Waals surface area contributed by atoms with Crippen molar-refractivity contribution < 1.29 is 9.53 Å². The van der Waals surface area contributed by atoms with Gasteiger partial charge in [0.25, 0.3) is 0 Å². The summed E-state index contributed by atoms with van der Waals surface area (Å²) in [6, 6.07) is 8.96. The molecule has 26 heavy (non-hydrogen) atoms. The van der Waals surface area contributed by atoms with E-state index in [-0.39, 0.29) is 5.92 Å². The first kappa shape index (κ1) is 18.0. The molecule has 4 nitrogen and oxygen atoms in total. The first-order valence-corrected chi connectivity index (χ1v) is 10.3. The summed E-state index contributed by atoms with van der Waals surface area (Å²) >= 11 is 0. The summed E-state index contributed by atoms with van der Waals surface area (Å²) in [5, 5.41) is 0. The van der Waals surface area contributed by atoms with Gasteiger partial charge in [0.2, 0.25) is 5.91 Å². The summed E-state index contributed by atoms with van der Waals surface area (Å²) in [4.78, 5) is 17.4. The van der Waals surface area contributed by atoms with E-state index in [1.165, 1.54) is 37.1 Å². The van der Waals surface area contributed by atoms with Crippen LogP contribution in [0, 0.1) is 18.3 Å². The van der Waals surface area contributed by atoms with E-state index < -0.39 is 0 Å². The largest absolute Gasteiger partial charge is 0.381 e. The van der Waals surface area contributed by atoms with Crippen molar-refractivity contribution in [1.29, 1.82) is 0 Å². The first-order chi connectivity index (χ1) is 12.6. The minimum Gasteiger partial charge on any atom is -0.381 e. The van der Waals surface area contributed by atoms with Crippen LogP contribution in [0.4, 0.5) is 0 Å². The van der Waals surface area contributed by atoms with E-state index in [2.05, 4.69) is 41.0 Å². The molecule has 4 rings (SSSR count). The van der Waals surface area contributed by atoms with Crippen molar-refractivity contribution in [3.05, 3.63) is 35.4 Å². The number of piperidine rings is 2. The summed E-state index contributed by atoms with van der Waals surface area (Å²) in [5.74, 6) is 0.457. The minimum atomic E-state index is 0.119. The van der Waals surface area contributed by atoms with Gasteiger partial charge in [-0.05, 0) is 56.6 Å². The molecule has 4 heteroatoms. The lowest BCUT2D eigenvalue weighted by atomic mass is 9.72. The zero-order valence-electron chi connectivity index (χ0n) is 16.1. The molecule has 0 saturated carbocycles. The van der Waals surface area contributed by atoms with Crippen molar-refractivity contribution in [2.24, 2.45) is 11.3 Å². The van der Waals surface area contributed by atoms with Gasteiger partial charge in [0, 0.05) is 32.8 Å². The molecule has 1 atom stereocenters. The Morgan fingerprint density at radius 1 is 1.15 bits per heavy atom. The lowest BCUT2D eigenvalue weighted by Gasteiger charge is -2.48. The predicted octanol–water partition coefficient (Wildman–Crippen LogP) is 3.24. The van der Waals surface area contributed by atoms with Gasteiger partial charge in [-0.1, -0.05) is 29.8 Å². The molecule has 0 aromatic heterocycles. The second-order valence-corrected chi connectivity index (χ2v) is 8.69. The molecule has 0 radical (unpaired) electrons. The smallest absolute Gasteiger partial charge is 0.228 e. The molecule has 0 aliphatic carbocycles. The highest BCUT2D eigenvalue weighted by Crippen LogP contribution is 2.40. The van der Waals surface area contributed by atoms with Crippen LogP contribution in [-0.2, 0) is 16.1 Å². The topological polar surface area (TPSA) is 32.8 Å². The lowest BCUT2D eigenvalue weighted by molar-refractivity contribution is -0.138. The van der Waals surface area contributed by atoms with E-state index in [1.54, 1.807) is 0 Å². The number of benzene rings is 1. The number of hydrogen-bond donors (Lipinski definition) is 0. The van der Waals surface area contributed by atoms with Crippen LogP contribution in [0.15, 0.2) is 24.3 Å². The van der Waals surface area contributed by atoms with Gasteiger partial charge in [-0.3, -0.25) is 9.69 Å². The summed E-state index contributed by atoms with van der Waals surface area (Å²) in [6.45, 7) is 8.86. The first-order valence-electron chi connectivity index (χ1n) is 10.3. The molecule has 3 fully saturated rings. The standard InChI is InChI=1S/C22H32N2O2/c1-18-3-5-19(6-4-18)15-23-11-2-8-22(17-23)9-12-24(13-10-22)21(25)20-7-14-26-16-20/h3-6,20H,2,7-17H2,1H3/t20-/m0/s1. The number of carbonyl (C=O) groups is 1. The van der Waals surface area contributed by atoms with Gasteiger partial charge < -0.3 is 9.64 Å². The van der Waals surface area contributed by atoms with E-state index in [0.717, 1.165) is 45.5 Å². The molecule has 1 spiro atoms. The van der Waals surface area contributed by atoms with E-state index in [9.17, 15) is 4.79 Å². The predicted molar refractivity (Wildman–Crippen MR) is 103 cm³/mol. The van der Waals surface area contributed by atoms with Crippen LogP contribution in [-0.4, -0.2) is 55.1 Å². The van der Waals surface area contributed by atoms with Gasteiger partial charge in [-0.15, -0.1) is 0 Å². The van der Waals surface area contributed by atoms with Crippen LogP contribution in [0.5, 0.6) is 0 Å². The summed E-state index contributed by atoms with van der Waals surface area (Å²) in [7, 11) is 0. The third kappa shape index (κ3) is 3.96. The number of carbonyl (C=O) groups excluding carboxylic acids is 1. The summed E-state index contributed by atoms with van der Waals surface area (Å²) < 4.78 is 5.40. The Bertz CT molecular complexity index is 614. The van der Waals surface area contributed by atoms with E-state index in [4.69, 9.17) is 4.74 Å². The normalized spacial score (nSPS) is 26.3. The van der Waals surface area contributed by atoms with Crippen molar-refractivity contribution in [2.45, 2.75) is 45.6 Å². The highest BCUT2D eigenvalue weighted by atomic mass is 16.5. The molecular weight excluding hydrogens is 324 g/mol. The molecule has 1 aromatic rings. The van der Waals surface area contributed by atoms with Gasteiger partial charge in [0.05, 0.1) is 12.5 Å². The van der Waals surface area contributed by atoms with Crippen LogP contribution >= 0.6 is 0 Å². The van der Waals surface area contributed by atoms with Crippen LogP contribution in [0.2, 0.25) is 0 Å². The maximum absolute atomic E-state index is 12.6. The molecule has 0 bridgehead atoms. The highest BCUT2D eigenvalue weighted by molar-refractivity contribution is 5.79. The van der Waals surface area contributed by atoms with Crippen LogP contribution in [0.3, 0.4) is 0 Å². The molecule has 1 aromatic carbocycles. The number of aryl methyl sites for hydroxylation is 1. The van der Waals surface area contributed by atoms with Gasteiger partial charge in [-0.25, -0.2) is 0 Å². The zero-order valence-corrected chi connectivity index (χ0v) is 16.1. The molecule has 3 saturated heterocycles. The fourth-order valence-electron chi connectivity index (χ4n) is 4.99. The monoisotopic (exact) mass is 356 g/mol. The Hall–Kier alpha value is -1.39. The van der Waals surface area contributed by atoms with Crippen LogP contribution in [0.1, 0.15) is 43.2 Å². The fraction of sp³-hybridized carbons (Fsp3) is 0.682. The molecule has 3 aliphatic rings. The van der Waals surface area contributed by atoms with E-state index in [1.807, 2.05) is 0 Å². The van der Waals surface area contributed by atoms with Crippen molar-refractivity contribution in [1.82, 2.24) is 9.80 Å². The summed E-state index contributed by atoms with van der Waals surface area (Å²) in [6.07, 6.45) is 5.85. The minimum absolute atomic E-state index is 0.119. The quantitative estimate of drug-likeness (QED) is 0.833. The third-order valence-corrected chi connectivity index (χ3v) is 6.68. The van der Waals surface area contributed by atoms with Gasteiger partial charge in [0.1, 0.15) is 0 Å². The zero-order chi connectivity index (χ0) is 18.0. The number of rotatable bonds is 3. The Balaban J connectivity index is 1.32. The Labute approximate surface area is 157 Å². The number of ether oxygens (including phenoxy) is 1. The number of nitrogens with zero attached hydrogens (tertiary/aromatic N) is 2. The highest BCUT2D eigenvalue weighted by Gasteiger charge is 2.40. The van der Waals surface area contributed by atoms with Gasteiger partial charge in [0.15, 0.2) is 0 Å². The molecule has 3 heterocycles. The molecule has 3 aliphatic heterocycles. The van der Waals surface area contributed by atoms with Crippen molar-refractivity contribution in [3.8, 4) is 0 Å². The fourth-order valence-corrected chi connectivity index (χ4v) is 4.99. The summed E-state index contributed by atoms with van der Waals surface area (Å²) in [5.41, 5.74) is 3.17. The van der Waals surface area contributed by atoms with Crippen molar-refractivity contribution in [3.63, 3.8) is 0 Å². The van der Waals surface area contributed by atoms with Gasteiger partial charge >= 0.3 is 0 Å². The second-order valence-electron chi connectivity index (χ2n) is 8.69. The number of likely N-dealkylation sites (tertiary alicyclic amines) is 2. The van der Waals surface area contributed by atoms with Crippen molar-refractivity contribution >= 4 is 5.91 Å². The van der Waals surface area contributed by atoms with Gasteiger partial charge in [-0.2, -0.15) is 0 Å². The maximum atomic E-state index is 12.6. The average molecular weight is 357 g/mol. The second kappa shape index (κ2) is 7.69. The molecule has 0 unspecified atom stereocenters. The Morgan fingerprint density at radius 2 is 1.92 bits per heavy atom. The molecule has 0 N–H and O–H groups in total. The Kier molecular flexibility index (Phi) is 5.32. The van der Waals surface area contributed by atoms with E-state index in [0.29, 0.717) is 17.9 Å². The number of amides is 1. The van der Waals surface area contributed by atoms with E-state index >= 15 is 0 Å². The molecule has 142 valence electrons. The third-order valence-electron chi connectivity index (χ3n) is 6.68. The maximum Gasteiger partial charge on any atom is 0.228 e. The number of hydrogen-bond acceptors (Lipinski definition) is 3. The Morgan fingerprint density at radius 3 is 2.62 bits per heavy atom.